The molecule has 0 saturated carbocycles. The van der Waals surface area contributed by atoms with Crippen LogP contribution in [-0.2, 0) is 19.3 Å². The van der Waals surface area contributed by atoms with Crippen LogP contribution in [-0.4, -0.2) is 9.97 Å². The average Bonchev–Trinajstić information content (AvgIpc) is 3.26. The molecular weight excluding hydrogens is 378 g/mol. The van der Waals surface area contributed by atoms with Crippen LogP contribution in [0.3, 0.4) is 0 Å². The number of aromatic amines is 1. The van der Waals surface area contributed by atoms with Gasteiger partial charge in [0, 0.05) is 24.7 Å². The Morgan fingerprint density at radius 2 is 1.68 bits per heavy atom. The second kappa shape index (κ2) is 9.91. The zero-order valence-corrected chi connectivity index (χ0v) is 17.9. The van der Waals surface area contributed by atoms with Crippen molar-refractivity contribution in [2.75, 3.05) is 0 Å². The fraction of sp³-hybridized carbons (Fsp3) is 0.214. The van der Waals surface area contributed by atoms with E-state index in [4.69, 9.17) is 5.26 Å². The number of nitrogens with zero attached hydrogens (tertiary/aromatic N) is 2. The highest BCUT2D eigenvalue weighted by atomic mass is 14.9. The van der Waals surface area contributed by atoms with Crippen LogP contribution < -0.4 is 0 Å². The van der Waals surface area contributed by atoms with Gasteiger partial charge in [0.2, 0.25) is 0 Å². The van der Waals surface area contributed by atoms with Gasteiger partial charge >= 0.3 is 0 Å². The van der Waals surface area contributed by atoms with Crippen molar-refractivity contribution in [1.82, 2.24) is 9.97 Å². The molecule has 0 bridgehead atoms. The molecule has 1 heterocycles. The smallest absolute Gasteiger partial charge is 0.110 e. The van der Waals surface area contributed by atoms with Gasteiger partial charge in [0.25, 0.3) is 0 Å². The summed E-state index contributed by atoms with van der Waals surface area (Å²) in [5, 5.41) is 8.95. The number of aromatic nitrogens is 2. The molecule has 0 amide bonds. The Kier molecular flexibility index (Phi) is 6.59. The minimum absolute atomic E-state index is 0.688. The van der Waals surface area contributed by atoms with Gasteiger partial charge in [-0.05, 0) is 52.8 Å². The van der Waals surface area contributed by atoms with Crippen LogP contribution in [0.4, 0.5) is 0 Å². The lowest BCUT2D eigenvalue weighted by molar-refractivity contribution is 0.787. The van der Waals surface area contributed by atoms with Crippen LogP contribution in [0, 0.1) is 11.3 Å². The van der Waals surface area contributed by atoms with E-state index in [9.17, 15) is 0 Å². The Morgan fingerprint density at radius 1 is 0.871 bits per heavy atom. The Bertz CT molecular complexity index is 1170. The number of H-pyrrole nitrogens is 1. The standard InChI is InChI=1S/C28H27N3/c1-2-3-7-24-17-25(23-8-5-4-6-9-23)14-15-26(24)18-28-30-20-27(31-28)16-21-10-12-22(19-29)13-11-21/h4-6,8-15,17,20H,2-3,7,16,18H2,1H3,(H,30,31). The molecule has 3 aromatic carbocycles. The van der Waals surface area contributed by atoms with Crippen molar-refractivity contribution in [3.63, 3.8) is 0 Å². The van der Waals surface area contributed by atoms with Crippen molar-refractivity contribution in [2.45, 2.75) is 39.0 Å². The van der Waals surface area contributed by atoms with Gasteiger partial charge in [0.15, 0.2) is 0 Å². The molecule has 3 heteroatoms. The summed E-state index contributed by atoms with van der Waals surface area (Å²) in [6.45, 7) is 2.24. The van der Waals surface area contributed by atoms with E-state index < -0.39 is 0 Å². The molecule has 4 aromatic rings. The predicted octanol–water partition coefficient (Wildman–Crippen LogP) is 6.47. The van der Waals surface area contributed by atoms with E-state index in [1.54, 1.807) is 0 Å². The number of nitrogens with one attached hydrogen (secondary N) is 1. The van der Waals surface area contributed by atoms with E-state index in [0.29, 0.717) is 5.56 Å². The monoisotopic (exact) mass is 405 g/mol. The molecule has 0 radical (unpaired) electrons. The van der Waals surface area contributed by atoms with Gasteiger partial charge in [-0.3, -0.25) is 0 Å². The van der Waals surface area contributed by atoms with Crippen molar-refractivity contribution >= 4 is 0 Å². The van der Waals surface area contributed by atoms with Gasteiger partial charge in [-0.1, -0.05) is 74.0 Å². The van der Waals surface area contributed by atoms with E-state index in [1.165, 1.54) is 40.7 Å². The van der Waals surface area contributed by atoms with Crippen LogP contribution in [0.25, 0.3) is 11.1 Å². The maximum atomic E-state index is 8.95. The van der Waals surface area contributed by atoms with E-state index in [0.717, 1.165) is 30.8 Å². The Morgan fingerprint density at radius 3 is 2.42 bits per heavy atom. The summed E-state index contributed by atoms with van der Waals surface area (Å²) in [5.41, 5.74) is 8.24. The SMILES string of the molecule is CCCCc1cc(-c2ccccc2)ccc1Cc1ncc(Cc2ccc(C#N)cc2)[nH]1. The van der Waals surface area contributed by atoms with Crippen molar-refractivity contribution in [2.24, 2.45) is 0 Å². The molecule has 0 spiro atoms. The summed E-state index contributed by atoms with van der Waals surface area (Å²) in [5.74, 6) is 0.994. The second-order valence-electron chi connectivity index (χ2n) is 7.97. The van der Waals surface area contributed by atoms with Gasteiger partial charge in [-0.2, -0.15) is 5.26 Å². The first kappa shape index (κ1) is 20.6. The summed E-state index contributed by atoms with van der Waals surface area (Å²) in [6, 6.07) is 27.3. The molecule has 0 aliphatic heterocycles. The summed E-state index contributed by atoms with van der Waals surface area (Å²) < 4.78 is 0. The molecule has 1 aromatic heterocycles. The summed E-state index contributed by atoms with van der Waals surface area (Å²) in [6.07, 6.45) is 6.98. The molecular formula is C28H27N3. The topological polar surface area (TPSA) is 52.5 Å². The quantitative estimate of drug-likeness (QED) is 0.365. The zero-order valence-electron chi connectivity index (χ0n) is 17.9. The molecule has 0 saturated heterocycles. The lowest BCUT2D eigenvalue weighted by atomic mass is 9.94. The van der Waals surface area contributed by atoms with Gasteiger partial charge < -0.3 is 4.98 Å². The third-order valence-electron chi connectivity index (χ3n) is 5.63. The third kappa shape index (κ3) is 5.29. The van der Waals surface area contributed by atoms with E-state index in [-0.39, 0.29) is 0 Å². The van der Waals surface area contributed by atoms with Crippen molar-refractivity contribution in [3.8, 4) is 17.2 Å². The number of nitriles is 1. The molecule has 0 fully saturated rings. The fourth-order valence-electron chi connectivity index (χ4n) is 3.89. The number of rotatable bonds is 8. The molecule has 0 aliphatic carbocycles. The van der Waals surface area contributed by atoms with Gasteiger partial charge in [0.05, 0.1) is 11.6 Å². The lowest BCUT2D eigenvalue weighted by Crippen LogP contribution is -1.99. The van der Waals surface area contributed by atoms with E-state index >= 15 is 0 Å². The normalized spacial score (nSPS) is 10.7. The summed E-state index contributed by atoms with van der Waals surface area (Å²) >= 11 is 0. The third-order valence-corrected chi connectivity index (χ3v) is 5.63. The fourth-order valence-corrected chi connectivity index (χ4v) is 3.89. The maximum absolute atomic E-state index is 8.95. The molecule has 0 aliphatic rings. The van der Waals surface area contributed by atoms with Crippen LogP contribution >= 0.6 is 0 Å². The Labute approximate surface area is 184 Å². The highest BCUT2D eigenvalue weighted by Crippen LogP contribution is 2.25. The highest BCUT2D eigenvalue weighted by Gasteiger charge is 2.09. The molecule has 31 heavy (non-hydrogen) atoms. The zero-order chi connectivity index (χ0) is 21.5. The first-order valence-electron chi connectivity index (χ1n) is 10.9. The van der Waals surface area contributed by atoms with Crippen molar-refractivity contribution in [3.05, 3.63) is 113 Å². The lowest BCUT2D eigenvalue weighted by Gasteiger charge is -2.11. The van der Waals surface area contributed by atoms with Crippen molar-refractivity contribution in [1.29, 1.82) is 5.26 Å². The first-order chi connectivity index (χ1) is 15.2. The minimum atomic E-state index is 0.688. The van der Waals surface area contributed by atoms with E-state index in [1.807, 2.05) is 30.5 Å². The number of imidazole rings is 1. The van der Waals surface area contributed by atoms with Crippen molar-refractivity contribution < 1.29 is 0 Å². The Balaban J connectivity index is 1.52. The minimum Gasteiger partial charge on any atom is -0.345 e. The Hall–Kier alpha value is -3.64. The number of aryl methyl sites for hydroxylation is 1. The molecule has 3 nitrogen and oxygen atoms in total. The van der Waals surface area contributed by atoms with Crippen LogP contribution in [0.1, 0.15) is 53.5 Å². The molecule has 0 unspecified atom stereocenters. The second-order valence-corrected chi connectivity index (χ2v) is 7.97. The largest absolute Gasteiger partial charge is 0.345 e. The van der Waals surface area contributed by atoms with E-state index in [2.05, 4.69) is 71.5 Å². The number of unbranched alkanes of at least 4 members (excludes halogenated alkanes) is 1. The summed E-state index contributed by atoms with van der Waals surface area (Å²) in [7, 11) is 0. The molecule has 4 rings (SSSR count). The first-order valence-corrected chi connectivity index (χ1v) is 10.9. The van der Waals surface area contributed by atoms with Crippen LogP contribution in [0.2, 0.25) is 0 Å². The van der Waals surface area contributed by atoms with Gasteiger partial charge in [0.1, 0.15) is 5.82 Å². The number of benzene rings is 3. The molecule has 154 valence electrons. The predicted molar refractivity (Wildman–Crippen MR) is 126 cm³/mol. The average molecular weight is 406 g/mol. The maximum Gasteiger partial charge on any atom is 0.110 e. The number of hydrogen-bond acceptors (Lipinski definition) is 2. The van der Waals surface area contributed by atoms with Gasteiger partial charge in [-0.25, -0.2) is 4.98 Å². The number of hydrogen-bond donors (Lipinski definition) is 1. The van der Waals surface area contributed by atoms with Crippen LogP contribution in [0.15, 0.2) is 79.0 Å². The molecule has 0 atom stereocenters. The highest BCUT2D eigenvalue weighted by molar-refractivity contribution is 5.65. The van der Waals surface area contributed by atoms with Crippen LogP contribution in [0.5, 0.6) is 0 Å². The molecule has 1 N–H and O–H groups in total. The van der Waals surface area contributed by atoms with Gasteiger partial charge in [-0.15, -0.1) is 0 Å². The summed E-state index contributed by atoms with van der Waals surface area (Å²) in [4.78, 5) is 8.13.